The van der Waals surface area contributed by atoms with Crippen molar-refractivity contribution in [2.45, 2.75) is 32.4 Å². The van der Waals surface area contributed by atoms with Gasteiger partial charge in [0, 0.05) is 12.4 Å². The maximum Gasteiger partial charge on any atom is 0.415 e. The Morgan fingerprint density at radius 3 is 2.74 bits per heavy atom. The molecule has 0 spiro atoms. The van der Waals surface area contributed by atoms with E-state index in [4.69, 9.17) is 4.74 Å². The zero-order valence-electron chi connectivity index (χ0n) is 11.4. The first kappa shape index (κ1) is 13.3. The number of carbonyl (C=O) groups excluding carboxylic acids is 1. The maximum atomic E-state index is 12.2. The van der Waals surface area contributed by atoms with E-state index < -0.39 is 5.60 Å². The average molecular weight is 258 g/mol. The summed E-state index contributed by atoms with van der Waals surface area (Å²) in [7, 11) is 0. The van der Waals surface area contributed by atoms with Crippen molar-refractivity contribution in [1.82, 2.24) is 9.88 Å². The Balaban J connectivity index is 2.21. The minimum Gasteiger partial charge on any atom is -0.443 e. The second-order valence-electron chi connectivity index (χ2n) is 5.31. The summed E-state index contributed by atoms with van der Waals surface area (Å²) in [6.07, 6.45) is 8.70. The van der Waals surface area contributed by atoms with Crippen LogP contribution in [0.5, 0.6) is 0 Å². The highest BCUT2D eigenvalue weighted by atomic mass is 16.6. The molecule has 0 saturated carbocycles. The SMILES string of the molecule is CC(C)(C)OC(=O)N1C=CC=CC1c1ccccn1. The quantitative estimate of drug-likeness (QED) is 0.775. The summed E-state index contributed by atoms with van der Waals surface area (Å²) in [4.78, 5) is 18.0. The van der Waals surface area contributed by atoms with E-state index >= 15 is 0 Å². The second kappa shape index (κ2) is 5.26. The van der Waals surface area contributed by atoms with Crippen molar-refractivity contribution in [2.24, 2.45) is 0 Å². The van der Waals surface area contributed by atoms with Crippen molar-refractivity contribution in [3.05, 3.63) is 54.5 Å². The molecule has 0 aromatic carbocycles. The predicted octanol–water partition coefficient (Wildman–Crippen LogP) is 3.44. The molecule has 19 heavy (non-hydrogen) atoms. The Bertz CT molecular complexity index is 501. The summed E-state index contributed by atoms with van der Waals surface area (Å²) < 4.78 is 5.40. The molecule has 1 atom stereocenters. The number of rotatable bonds is 1. The third kappa shape index (κ3) is 3.44. The summed E-state index contributed by atoms with van der Waals surface area (Å²) in [5.41, 5.74) is 0.301. The van der Waals surface area contributed by atoms with Gasteiger partial charge in [0.05, 0.1) is 5.69 Å². The fraction of sp³-hybridized carbons (Fsp3) is 0.333. The van der Waals surface area contributed by atoms with Gasteiger partial charge in [0.15, 0.2) is 0 Å². The van der Waals surface area contributed by atoms with Gasteiger partial charge in [0.1, 0.15) is 11.6 Å². The van der Waals surface area contributed by atoms with Crippen molar-refractivity contribution in [2.75, 3.05) is 0 Å². The Morgan fingerprint density at radius 2 is 2.11 bits per heavy atom. The molecule has 1 aliphatic heterocycles. The van der Waals surface area contributed by atoms with Gasteiger partial charge < -0.3 is 4.74 Å². The average Bonchev–Trinajstić information content (AvgIpc) is 2.38. The molecule has 0 bridgehead atoms. The number of pyridine rings is 1. The van der Waals surface area contributed by atoms with E-state index in [1.165, 1.54) is 0 Å². The summed E-state index contributed by atoms with van der Waals surface area (Å²) in [5, 5.41) is 0. The predicted molar refractivity (Wildman–Crippen MR) is 73.3 cm³/mol. The van der Waals surface area contributed by atoms with Crippen molar-refractivity contribution < 1.29 is 9.53 Å². The summed E-state index contributed by atoms with van der Waals surface area (Å²) in [5.74, 6) is 0. The van der Waals surface area contributed by atoms with Gasteiger partial charge in [-0.15, -0.1) is 0 Å². The van der Waals surface area contributed by atoms with Crippen molar-refractivity contribution in [3.63, 3.8) is 0 Å². The van der Waals surface area contributed by atoms with Crippen LogP contribution in [0.4, 0.5) is 4.79 Å². The Hall–Kier alpha value is -2.10. The van der Waals surface area contributed by atoms with Gasteiger partial charge >= 0.3 is 6.09 Å². The zero-order chi connectivity index (χ0) is 13.9. The van der Waals surface area contributed by atoms with Gasteiger partial charge in [-0.1, -0.05) is 18.2 Å². The number of nitrogens with zero attached hydrogens (tertiary/aromatic N) is 2. The normalized spacial score (nSPS) is 18.5. The molecular weight excluding hydrogens is 240 g/mol. The number of allylic oxidation sites excluding steroid dienone is 2. The highest BCUT2D eigenvalue weighted by Gasteiger charge is 2.28. The van der Waals surface area contributed by atoms with Crippen LogP contribution < -0.4 is 0 Å². The number of ether oxygens (including phenoxy) is 1. The summed E-state index contributed by atoms with van der Waals surface area (Å²) in [6.45, 7) is 5.55. The van der Waals surface area contributed by atoms with E-state index in [0.717, 1.165) is 5.69 Å². The molecule has 0 aliphatic carbocycles. The largest absolute Gasteiger partial charge is 0.443 e. The van der Waals surface area contributed by atoms with E-state index in [2.05, 4.69) is 4.98 Å². The number of amides is 1. The van der Waals surface area contributed by atoms with E-state index in [0.29, 0.717) is 0 Å². The van der Waals surface area contributed by atoms with Crippen LogP contribution in [0.2, 0.25) is 0 Å². The third-order valence-corrected chi connectivity index (χ3v) is 2.55. The molecule has 0 N–H and O–H groups in total. The van der Waals surface area contributed by atoms with Crippen LogP contribution in [-0.2, 0) is 4.74 Å². The molecular formula is C15H18N2O2. The molecule has 1 aromatic heterocycles. The van der Waals surface area contributed by atoms with Crippen LogP contribution >= 0.6 is 0 Å². The molecule has 1 unspecified atom stereocenters. The van der Waals surface area contributed by atoms with Crippen LogP contribution in [0, 0.1) is 0 Å². The van der Waals surface area contributed by atoms with Crippen LogP contribution in [0.15, 0.2) is 48.8 Å². The molecule has 0 radical (unpaired) electrons. The molecule has 100 valence electrons. The molecule has 1 aromatic rings. The molecule has 4 heteroatoms. The van der Waals surface area contributed by atoms with E-state index in [-0.39, 0.29) is 12.1 Å². The number of aromatic nitrogens is 1. The van der Waals surface area contributed by atoms with E-state index in [9.17, 15) is 4.79 Å². The van der Waals surface area contributed by atoms with Gasteiger partial charge in [-0.3, -0.25) is 9.88 Å². The van der Waals surface area contributed by atoms with Crippen molar-refractivity contribution in [1.29, 1.82) is 0 Å². The molecule has 1 aliphatic rings. The lowest BCUT2D eigenvalue weighted by atomic mass is 10.1. The molecule has 2 heterocycles. The highest BCUT2D eigenvalue weighted by Crippen LogP contribution is 2.25. The fourth-order valence-corrected chi connectivity index (χ4v) is 1.78. The first-order chi connectivity index (χ1) is 8.97. The first-order valence-electron chi connectivity index (χ1n) is 6.24. The maximum absolute atomic E-state index is 12.2. The van der Waals surface area contributed by atoms with Gasteiger partial charge in [-0.05, 0) is 39.0 Å². The number of hydrogen-bond donors (Lipinski definition) is 0. The first-order valence-corrected chi connectivity index (χ1v) is 6.24. The topological polar surface area (TPSA) is 42.4 Å². The van der Waals surface area contributed by atoms with Gasteiger partial charge in [0.2, 0.25) is 0 Å². The summed E-state index contributed by atoms with van der Waals surface area (Å²) >= 11 is 0. The Labute approximate surface area is 113 Å². The third-order valence-electron chi connectivity index (χ3n) is 2.55. The minimum atomic E-state index is -0.513. The highest BCUT2D eigenvalue weighted by molar-refractivity contribution is 5.71. The van der Waals surface area contributed by atoms with E-state index in [1.54, 1.807) is 17.3 Å². The van der Waals surface area contributed by atoms with Crippen LogP contribution in [0.3, 0.4) is 0 Å². The minimum absolute atomic E-state index is 0.221. The lowest BCUT2D eigenvalue weighted by molar-refractivity contribution is 0.0291. The lowest BCUT2D eigenvalue weighted by Crippen LogP contribution is -2.36. The van der Waals surface area contributed by atoms with Gasteiger partial charge in [-0.25, -0.2) is 4.79 Å². The molecule has 2 rings (SSSR count). The van der Waals surface area contributed by atoms with Gasteiger partial charge in [-0.2, -0.15) is 0 Å². The smallest absolute Gasteiger partial charge is 0.415 e. The summed E-state index contributed by atoms with van der Waals surface area (Å²) in [6, 6.07) is 5.43. The number of carbonyl (C=O) groups is 1. The monoisotopic (exact) mass is 258 g/mol. The van der Waals surface area contributed by atoms with E-state index in [1.807, 2.05) is 57.2 Å². The molecule has 0 saturated heterocycles. The van der Waals surface area contributed by atoms with Crippen LogP contribution in [-0.4, -0.2) is 21.6 Å². The Morgan fingerprint density at radius 1 is 1.32 bits per heavy atom. The van der Waals surface area contributed by atoms with Crippen molar-refractivity contribution >= 4 is 6.09 Å². The molecule has 0 fully saturated rings. The standard InChI is InChI=1S/C15H18N2O2/c1-15(2,3)19-14(18)17-11-7-5-9-13(17)12-8-4-6-10-16-12/h4-11,13H,1-3H3. The van der Waals surface area contributed by atoms with Crippen LogP contribution in [0.25, 0.3) is 0 Å². The molecule has 1 amide bonds. The molecule has 4 nitrogen and oxygen atoms in total. The zero-order valence-corrected chi connectivity index (χ0v) is 11.4. The lowest BCUT2D eigenvalue weighted by Gasteiger charge is -2.30. The van der Waals surface area contributed by atoms with Crippen molar-refractivity contribution in [3.8, 4) is 0 Å². The van der Waals surface area contributed by atoms with Crippen LogP contribution in [0.1, 0.15) is 32.5 Å². The number of hydrogen-bond acceptors (Lipinski definition) is 3. The Kier molecular flexibility index (Phi) is 3.69. The second-order valence-corrected chi connectivity index (χ2v) is 5.31. The fourth-order valence-electron chi connectivity index (χ4n) is 1.78. The van der Waals surface area contributed by atoms with Gasteiger partial charge in [0.25, 0.3) is 0 Å².